The zero-order valence-corrected chi connectivity index (χ0v) is 12.8. The van der Waals surface area contributed by atoms with Crippen LogP contribution in [0.1, 0.15) is 10.4 Å². The SMILES string of the molecule is O=C(CNC(=O)c1ccc(Br)cc1)Nc1ccc(F)cc1F. The van der Waals surface area contributed by atoms with E-state index in [-0.39, 0.29) is 12.2 Å². The van der Waals surface area contributed by atoms with Crippen LogP contribution in [0.4, 0.5) is 14.5 Å². The lowest BCUT2D eigenvalue weighted by Crippen LogP contribution is -2.33. The Morgan fingerprint density at radius 3 is 2.36 bits per heavy atom. The zero-order valence-electron chi connectivity index (χ0n) is 11.2. The van der Waals surface area contributed by atoms with E-state index < -0.39 is 23.4 Å². The average Bonchev–Trinajstić information content (AvgIpc) is 2.48. The Hall–Kier alpha value is -2.28. The molecule has 4 nitrogen and oxygen atoms in total. The molecule has 0 radical (unpaired) electrons. The summed E-state index contributed by atoms with van der Waals surface area (Å²) >= 11 is 3.25. The maximum absolute atomic E-state index is 13.4. The predicted octanol–water partition coefficient (Wildman–Crippen LogP) is 3.10. The summed E-state index contributed by atoms with van der Waals surface area (Å²) in [4.78, 5) is 23.4. The van der Waals surface area contributed by atoms with Gasteiger partial charge in [-0.1, -0.05) is 15.9 Å². The first-order valence-electron chi connectivity index (χ1n) is 6.24. The number of nitrogens with one attached hydrogen (secondary N) is 2. The fourth-order valence-electron chi connectivity index (χ4n) is 1.65. The molecule has 0 aliphatic carbocycles. The van der Waals surface area contributed by atoms with Gasteiger partial charge in [-0.25, -0.2) is 8.78 Å². The van der Waals surface area contributed by atoms with Crippen LogP contribution in [0.25, 0.3) is 0 Å². The first kappa shape index (κ1) is 16.1. The Kier molecular flexibility index (Phi) is 5.21. The van der Waals surface area contributed by atoms with Gasteiger partial charge in [-0.3, -0.25) is 9.59 Å². The molecule has 114 valence electrons. The summed E-state index contributed by atoms with van der Waals surface area (Å²) in [7, 11) is 0. The number of amides is 2. The zero-order chi connectivity index (χ0) is 16.1. The summed E-state index contributed by atoms with van der Waals surface area (Å²) in [6.45, 7) is -0.328. The summed E-state index contributed by atoms with van der Waals surface area (Å²) in [6, 6.07) is 9.38. The molecule has 0 saturated carbocycles. The predicted molar refractivity (Wildman–Crippen MR) is 81.5 cm³/mol. The molecule has 0 spiro atoms. The number of hydrogen-bond acceptors (Lipinski definition) is 2. The van der Waals surface area contributed by atoms with Crippen molar-refractivity contribution in [2.24, 2.45) is 0 Å². The van der Waals surface area contributed by atoms with Crippen LogP contribution in [-0.4, -0.2) is 18.4 Å². The maximum atomic E-state index is 13.4. The van der Waals surface area contributed by atoms with Crippen LogP contribution in [-0.2, 0) is 4.79 Å². The molecule has 22 heavy (non-hydrogen) atoms. The molecule has 7 heteroatoms. The molecule has 0 bridgehead atoms. The third-order valence-corrected chi connectivity index (χ3v) is 3.25. The lowest BCUT2D eigenvalue weighted by Gasteiger charge is -2.08. The standard InChI is InChI=1S/C15H11BrF2N2O2/c16-10-3-1-9(2-4-10)15(22)19-8-14(21)20-13-6-5-11(17)7-12(13)18/h1-7H,8H2,(H,19,22)(H,20,21). The van der Waals surface area contributed by atoms with Gasteiger partial charge in [0, 0.05) is 16.1 Å². The number of rotatable bonds is 4. The van der Waals surface area contributed by atoms with E-state index in [1.54, 1.807) is 24.3 Å². The summed E-state index contributed by atoms with van der Waals surface area (Å²) in [5.74, 6) is -2.66. The van der Waals surface area contributed by atoms with Crippen molar-refractivity contribution in [2.45, 2.75) is 0 Å². The van der Waals surface area contributed by atoms with E-state index in [9.17, 15) is 18.4 Å². The van der Waals surface area contributed by atoms with Crippen LogP contribution in [0.5, 0.6) is 0 Å². The topological polar surface area (TPSA) is 58.2 Å². The van der Waals surface area contributed by atoms with Gasteiger partial charge in [0.25, 0.3) is 5.91 Å². The lowest BCUT2D eigenvalue weighted by molar-refractivity contribution is -0.115. The fourth-order valence-corrected chi connectivity index (χ4v) is 1.91. The number of carbonyl (C=O) groups excluding carboxylic acids is 2. The molecule has 2 aromatic carbocycles. The maximum Gasteiger partial charge on any atom is 0.251 e. The fraction of sp³-hybridized carbons (Fsp3) is 0.0667. The van der Waals surface area contributed by atoms with E-state index in [2.05, 4.69) is 26.6 Å². The van der Waals surface area contributed by atoms with Gasteiger partial charge in [-0.15, -0.1) is 0 Å². The minimum atomic E-state index is -0.882. The van der Waals surface area contributed by atoms with E-state index in [0.717, 1.165) is 16.6 Å². The van der Waals surface area contributed by atoms with Crippen molar-refractivity contribution in [3.8, 4) is 0 Å². The summed E-state index contributed by atoms with van der Waals surface area (Å²) in [6.07, 6.45) is 0. The second-order valence-electron chi connectivity index (χ2n) is 4.36. The normalized spacial score (nSPS) is 10.1. The molecule has 0 fully saturated rings. The van der Waals surface area contributed by atoms with Gasteiger partial charge in [-0.05, 0) is 36.4 Å². The molecule has 2 N–H and O–H groups in total. The van der Waals surface area contributed by atoms with Gasteiger partial charge in [0.1, 0.15) is 11.6 Å². The van der Waals surface area contributed by atoms with Gasteiger partial charge in [0.2, 0.25) is 5.91 Å². The quantitative estimate of drug-likeness (QED) is 0.870. The molecule has 2 aromatic rings. The second-order valence-corrected chi connectivity index (χ2v) is 5.28. The number of carbonyl (C=O) groups is 2. The molecular formula is C15H11BrF2N2O2. The van der Waals surface area contributed by atoms with Crippen LogP contribution in [0, 0.1) is 11.6 Å². The molecular weight excluding hydrogens is 358 g/mol. The molecule has 0 aromatic heterocycles. The highest BCUT2D eigenvalue weighted by Crippen LogP contribution is 2.14. The third-order valence-electron chi connectivity index (χ3n) is 2.72. The Morgan fingerprint density at radius 1 is 1.05 bits per heavy atom. The highest BCUT2D eigenvalue weighted by Gasteiger charge is 2.10. The van der Waals surface area contributed by atoms with E-state index in [1.807, 2.05) is 0 Å². The van der Waals surface area contributed by atoms with Crippen molar-refractivity contribution in [3.05, 3.63) is 64.1 Å². The van der Waals surface area contributed by atoms with Crippen molar-refractivity contribution in [1.82, 2.24) is 5.32 Å². The van der Waals surface area contributed by atoms with E-state index in [0.29, 0.717) is 11.6 Å². The van der Waals surface area contributed by atoms with Gasteiger partial charge >= 0.3 is 0 Å². The average molecular weight is 369 g/mol. The first-order chi connectivity index (χ1) is 10.5. The van der Waals surface area contributed by atoms with Crippen molar-refractivity contribution in [1.29, 1.82) is 0 Å². The molecule has 0 saturated heterocycles. The van der Waals surface area contributed by atoms with Gasteiger partial charge in [-0.2, -0.15) is 0 Å². The van der Waals surface area contributed by atoms with Gasteiger partial charge in [0.15, 0.2) is 0 Å². The van der Waals surface area contributed by atoms with E-state index in [1.165, 1.54) is 0 Å². The molecule has 2 rings (SSSR count). The Bertz CT molecular complexity index is 705. The van der Waals surface area contributed by atoms with Gasteiger partial charge < -0.3 is 10.6 Å². The molecule has 0 aliphatic heterocycles. The van der Waals surface area contributed by atoms with Crippen LogP contribution in [0.3, 0.4) is 0 Å². The lowest BCUT2D eigenvalue weighted by atomic mass is 10.2. The smallest absolute Gasteiger partial charge is 0.251 e. The van der Waals surface area contributed by atoms with Crippen molar-refractivity contribution in [3.63, 3.8) is 0 Å². The summed E-state index contributed by atoms with van der Waals surface area (Å²) < 4.78 is 26.9. The summed E-state index contributed by atoms with van der Waals surface area (Å²) in [5.41, 5.74) is 0.244. The van der Waals surface area contributed by atoms with Crippen molar-refractivity contribution < 1.29 is 18.4 Å². The number of anilines is 1. The van der Waals surface area contributed by atoms with Crippen LogP contribution >= 0.6 is 15.9 Å². The minimum Gasteiger partial charge on any atom is -0.343 e. The molecule has 0 unspecified atom stereocenters. The molecule has 0 heterocycles. The summed E-state index contributed by atoms with van der Waals surface area (Å²) in [5, 5.41) is 4.66. The third kappa shape index (κ3) is 4.36. The number of hydrogen-bond donors (Lipinski definition) is 2. The number of halogens is 3. The number of benzene rings is 2. The highest BCUT2D eigenvalue weighted by atomic mass is 79.9. The largest absolute Gasteiger partial charge is 0.343 e. The first-order valence-corrected chi connectivity index (χ1v) is 7.03. The highest BCUT2D eigenvalue weighted by molar-refractivity contribution is 9.10. The van der Waals surface area contributed by atoms with Crippen LogP contribution in [0.2, 0.25) is 0 Å². The van der Waals surface area contributed by atoms with E-state index >= 15 is 0 Å². The Labute approximate surface area is 133 Å². The monoisotopic (exact) mass is 368 g/mol. The van der Waals surface area contributed by atoms with Crippen molar-refractivity contribution >= 4 is 33.4 Å². The van der Waals surface area contributed by atoms with Gasteiger partial charge in [0.05, 0.1) is 12.2 Å². The minimum absolute atomic E-state index is 0.149. The molecule has 2 amide bonds. The van der Waals surface area contributed by atoms with Crippen molar-refractivity contribution in [2.75, 3.05) is 11.9 Å². The van der Waals surface area contributed by atoms with E-state index in [4.69, 9.17) is 0 Å². The van der Waals surface area contributed by atoms with Crippen LogP contribution in [0.15, 0.2) is 46.9 Å². The molecule has 0 atom stereocenters. The molecule has 0 aliphatic rings. The second kappa shape index (κ2) is 7.13. The van der Waals surface area contributed by atoms with Crippen LogP contribution < -0.4 is 10.6 Å². The Balaban J connectivity index is 1.89. The Morgan fingerprint density at radius 2 is 1.73 bits per heavy atom.